The summed E-state index contributed by atoms with van der Waals surface area (Å²) in [5, 5.41) is 10.4. The van der Waals surface area contributed by atoms with Gasteiger partial charge >= 0.3 is 0 Å². The van der Waals surface area contributed by atoms with Crippen LogP contribution >= 0.6 is 0 Å². The van der Waals surface area contributed by atoms with Gasteiger partial charge in [0.05, 0.1) is 19.3 Å². The standard InChI is InChI=1S/C20H24O3/c1-20(2,15-23-14-16-9-5-3-6-10-16)19(22)13-18(21)17-11-7-4-8-12-17/h3-12,19,22H,13-15H2,1-2H3/t19-/m0/s1. The van der Waals surface area contributed by atoms with Gasteiger partial charge in [-0.05, 0) is 5.56 Å². The van der Waals surface area contributed by atoms with Crippen LogP contribution in [0, 0.1) is 5.41 Å². The Morgan fingerprint density at radius 1 is 1.04 bits per heavy atom. The number of carbonyl (C=O) groups excluding carboxylic acids is 1. The number of aliphatic hydroxyl groups excluding tert-OH is 1. The van der Waals surface area contributed by atoms with E-state index >= 15 is 0 Å². The Hall–Kier alpha value is -1.97. The van der Waals surface area contributed by atoms with Gasteiger partial charge in [0.2, 0.25) is 0 Å². The molecule has 0 saturated carbocycles. The molecular formula is C20H24O3. The summed E-state index contributed by atoms with van der Waals surface area (Å²) < 4.78 is 5.72. The highest BCUT2D eigenvalue weighted by Crippen LogP contribution is 2.25. The first-order valence-electron chi connectivity index (χ1n) is 7.87. The second-order valence-electron chi connectivity index (χ2n) is 6.48. The van der Waals surface area contributed by atoms with Crippen LogP contribution in [0.25, 0.3) is 0 Å². The van der Waals surface area contributed by atoms with Crippen LogP contribution in [0.3, 0.4) is 0 Å². The van der Waals surface area contributed by atoms with E-state index in [-0.39, 0.29) is 12.2 Å². The van der Waals surface area contributed by atoms with Gasteiger partial charge in [0.15, 0.2) is 5.78 Å². The maximum absolute atomic E-state index is 12.2. The van der Waals surface area contributed by atoms with E-state index in [0.29, 0.717) is 18.8 Å². The van der Waals surface area contributed by atoms with Crippen molar-refractivity contribution >= 4 is 5.78 Å². The van der Waals surface area contributed by atoms with Crippen LogP contribution in [0.2, 0.25) is 0 Å². The van der Waals surface area contributed by atoms with Gasteiger partial charge in [0.25, 0.3) is 0 Å². The molecule has 1 atom stereocenters. The van der Waals surface area contributed by atoms with Gasteiger partial charge in [0.1, 0.15) is 0 Å². The third-order valence-corrected chi connectivity index (χ3v) is 3.96. The fourth-order valence-electron chi connectivity index (χ4n) is 2.30. The number of hydrogen-bond acceptors (Lipinski definition) is 3. The SMILES string of the molecule is CC(C)(COCc1ccccc1)[C@@H](O)CC(=O)c1ccccc1. The summed E-state index contributed by atoms with van der Waals surface area (Å²) in [6, 6.07) is 19.0. The summed E-state index contributed by atoms with van der Waals surface area (Å²) >= 11 is 0. The number of aliphatic hydroxyl groups is 1. The van der Waals surface area contributed by atoms with Crippen LogP contribution in [0.4, 0.5) is 0 Å². The van der Waals surface area contributed by atoms with E-state index in [1.54, 1.807) is 12.1 Å². The molecule has 1 N–H and O–H groups in total. The van der Waals surface area contributed by atoms with E-state index in [2.05, 4.69) is 0 Å². The highest BCUT2D eigenvalue weighted by molar-refractivity contribution is 5.96. The minimum absolute atomic E-state index is 0.0470. The molecular weight excluding hydrogens is 288 g/mol. The lowest BCUT2D eigenvalue weighted by atomic mass is 9.84. The summed E-state index contributed by atoms with van der Waals surface area (Å²) in [5.74, 6) is -0.0470. The van der Waals surface area contributed by atoms with E-state index in [1.807, 2.05) is 62.4 Å². The molecule has 0 unspecified atom stereocenters. The Kier molecular flexibility index (Phi) is 6.08. The van der Waals surface area contributed by atoms with E-state index in [1.165, 1.54) is 0 Å². The van der Waals surface area contributed by atoms with E-state index in [4.69, 9.17) is 4.74 Å². The van der Waals surface area contributed by atoms with Crippen LogP contribution < -0.4 is 0 Å². The number of ether oxygens (including phenoxy) is 1. The molecule has 0 amide bonds. The van der Waals surface area contributed by atoms with Gasteiger partial charge in [-0.25, -0.2) is 0 Å². The number of rotatable bonds is 8. The number of ketones is 1. The zero-order valence-corrected chi connectivity index (χ0v) is 13.7. The molecule has 0 saturated heterocycles. The molecule has 0 aliphatic rings. The number of Topliss-reactive ketones (excluding diaryl/α,β-unsaturated/α-hetero) is 1. The van der Waals surface area contributed by atoms with Gasteiger partial charge in [-0.2, -0.15) is 0 Å². The third kappa shape index (κ3) is 5.31. The largest absolute Gasteiger partial charge is 0.392 e. The molecule has 2 aromatic carbocycles. The minimum atomic E-state index is -0.744. The third-order valence-electron chi connectivity index (χ3n) is 3.96. The molecule has 0 aliphatic carbocycles. The molecule has 0 aliphatic heterocycles. The Labute approximate surface area is 137 Å². The second-order valence-corrected chi connectivity index (χ2v) is 6.48. The lowest BCUT2D eigenvalue weighted by Gasteiger charge is -2.30. The van der Waals surface area contributed by atoms with Crippen molar-refractivity contribution in [1.82, 2.24) is 0 Å². The first kappa shape index (κ1) is 17.4. The predicted octanol–water partition coefficient (Wildman–Crippen LogP) is 3.86. The highest BCUT2D eigenvalue weighted by Gasteiger charge is 2.30. The zero-order valence-electron chi connectivity index (χ0n) is 13.7. The van der Waals surface area contributed by atoms with Crippen molar-refractivity contribution in [2.45, 2.75) is 33.0 Å². The molecule has 0 fully saturated rings. The Morgan fingerprint density at radius 3 is 2.22 bits per heavy atom. The number of hydrogen-bond donors (Lipinski definition) is 1. The summed E-state index contributed by atoms with van der Waals surface area (Å²) in [7, 11) is 0. The topological polar surface area (TPSA) is 46.5 Å². The molecule has 122 valence electrons. The second kappa shape index (κ2) is 8.04. The lowest BCUT2D eigenvalue weighted by molar-refractivity contribution is -0.0293. The molecule has 3 nitrogen and oxygen atoms in total. The summed E-state index contributed by atoms with van der Waals surface area (Å²) in [6.45, 7) is 4.73. The number of carbonyl (C=O) groups is 1. The van der Waals surface area contributed by atoms with Crippen LogP contribution in [-0.4, -0.2) is 23.6 Å². The smallest absolute Gasteiger partial charge is 0.165 e. The zero-order chi connectivity index (χ0) is 16.7. The highest BCUT2D eigenvalue weighted by atomic mass is 16.5. The monoisotopic (exact) mass is 312 g/mol. The molecule has 0 radical (unpaired) electrons. The van der Waals surface area contributed by atoms with Crippen molar-refractivity contribution in [2.24, 2.45) is 5.41 Å². The number of benzene rings is 2. The van der Waals surface area contributed by atoms with Crippen molar-refractivity contribution < 1.29 is 14.6 Å². The molecule has 0 heterocycles. The predicted molar refractivity (Wildman–Crippen MR) is 91.3 cm³/mol. The van der Waals surface area contributed by atoms with Crippen LogP contribution in [-0.2, 0) is 11.3 Å². The van der Waals surface area contributed by atoms with Gasteiger partial charge in [0, 0.05) is 17.4 Å². The van der Waals surface area contributed by atoms with Crippen LogP contribution in [0.1, 0.15) is 36.2 Å². The molecule has 2 rings (SSSR count). The van der Waals surface area contributed by atoms with E-state index in [9.17, 15) is 9.90 Å². The average molecular weight is 312 g/mol. The molecule has 2 aromatic rings. The Balaban J connectivity index is 1.84. The van der Waals surface area contributed by atoms with Crippen molar-refractivity contribution in [3.63, 3.8) is 0 Å². The van der Waals surface area contributed by atoms with Crippen molar-refractivity contribution in [3.8, 4) is 0 Å². The first-order chi connectivity index (χ1) is 11.0. The molecule has 0 bridgehead atoms. The van der Waals surface area contributed by atoms with Gasteiger partial charge in [-0.3, -0.25) is 4.79 Å². The summed E-state index contributed by atoms with van der Waals surface area (Å²) in [5.41, 5.74) is 1.24. The minimum Gasteiger partial charge on any atom is -0.392 e. The maximum atomic E-state index is 12.2. The van der Waals surface area contributed by atoms with Gasteiger partial charge < -0.3 is 9.84 Å². The quantitative estimate of drug-likeness (QED) is 0.753. The lowest BCUT2D eigenvalue weighted by Crippen LogP contribution is -2.35. The van der Waals surface area contributed by atoms with Crippen LogP contribution in [0.15, 0.2) is 60.7 Å². The fraction of sp³-hybridized carbons (Fsp3) is 0.350. The van der Waals surface area contributed by atoms with Crippen LogP contribution in [0.5, 0.6) is 0 Å². The summed E-state index contributed by atoms with van der Waals surface area (Å²) in [6.07, 6.45) is -0.642. The molecule has 3 heteroatoms. The van der Waals surface area contributed by atoms with Crippen molar-refractivity contribution in [1.29, 1.82) is 0 Å². The average Bonchev–Trinajstić information content (AvgIpc) is 2.56. The van der Waals surface area contributed by atoms with E-state index in [0.717, 1.165) is 5.56 Å². The molecule has 0 spiro atoms. The first-order valence-corrected chi connectivity index (χ1v) is 7.87. The van der Waals surface area contributed by atoms with Crippen molar-refractivity contribution in [3.05, 3.63) is 71.8 Å². The molecule has 23 heavy (non-hydrogen) atoms. The molecule has 0 aromatic heterocycles. The van der Waals surface area contributed by atoms with Crippen molar-refractivity contribution in [2.75, 3.05) is 6.61 Å². The Bertz CT molecular complexity index is 605. The van der Waals surface area contributed by atoms with E-state index < -0.39 is 11.5 Å². The fourth-order valence-corrected chi connectivity index (χ4v) is 2.30. The summed E-state index contributed by atoms with van der Waals surface area (Å²) in [4.78, 5) is 12.2. The van der Waals surface area contributed by atoms with Gasteiger partial charge in [-0.15, -0.1) is 0 Å². The van der Waals surface area contributed by atoms with Gasteiger partial charge in [-0.1, -0.05) is 74.5 Å². The maximum Gasteiger partial charge on any atom is 0.165 e. The Morgan fingerprint density at radius 2 is 1.61 bits per heavy atom. The normalized spacial score (nSPS) is 12.8.